The van der Waals surface area contributed by atoms with Crippen LogP contribution in [0, 0.1) is 5.92 Å². The number of hydrogen-bond donors (Lipinski definition) is 2. The van der Waals surface area contributed by atoms with Gasteiger partial charge in [-0.25, -0.2) is 0 Å². The first-order chi connectivity index (χ1) is 9.38. The first-order valence-corrected chi connectivity index (χ1v) is 7.12. The lowest BCUT2D eigenvalue weighted by molar-refractivity contribution is 0.356. The van der Waals surface area contributed by atoms with Gasteiger partial charge in [0.25, 0.3) is 0 Å². The van der Waals surface area contributed by atoms with Crippen LogP contribution in [-0.4, -0.2) is 26.2 Å². The standard InChI is InChI=1S/C16H24N2O/c1-2-11-19-16-5-3-14(4-6-16)12-18-13-15-7-9-17-10-8-15/h2-6,15,17-18H,1,7-13H2. The molecule has 3 nitrogen and oxygen atoms in total. The van der Waals surface area contributed by atoms with Gasteiger partial charge in [0.1, 0.15) is 12.4 Å². The first-order valence-electron chi connectivity index (χ1n) is 7.12. The molecule has 0 saturated carbocycles. The van der Waals surface area contributed by atoms with Crippen molar-refractivity contribution < 1.29 is 4.74 Å². The Hall–Kier alpha value is -1.32. The van der Waals surface area contributed by atoms with E-state index in [-0.39, 0.29) is 0 Å². The van der Waals surface area contributed by atoms with Crippen LogP contribution in [0.5, 0.6) is 5.75 Å². The highest BCUT2D eigenvalue weighted by molar-refractivity contribution is 5.27. The Bertz CT molecular complexity index is 369. The number of piperidine rings is 1. The Balaban J connectivity index is 1.68. The van der Waals surface area contributed by atoms with E-state index in [4.69, 9.17) is 4.74 Å². The number of ether oxygens (including phenoxy) is 1. The molecule has 0 radical (unpaired) electrons. The first kappa shape index (κ1) is 14.1. The summed E-state index contributed by atoms with van der Waals surface area (Å²) in [7, 11) is 0. The van der Waals surface area contributed by atoms with Gasteiger partial charge in [0.05, 0.1) is 0 Å². The molecule has 1 heterocycles. The molecule has 2 N–H and O–H groups in total. The van der Waals surface area contributed by atoms with Gasteiger partial charge >= 0.3 is 0 Å². The predicted molar refractivity (Wildman–Crippen MR) is 79.4 cm³/mol. The maximum Gasteiger partial charge on any atom is 0.119 e. The summed E-state index contributed by atoms with van der Waals surface area (Å²) in [5.74, 6) is 1.73. The summed E-state index contributed by atoms with van der Waals surface area (Å²) in [6, 6.07) is 8.28. The molecule has 1 fully saturated rings. The minimum Gasteiger partial charge on any atom is -0.490 e. The van der Waals surface area contributed by atoms with Gasteiger partial charge in [-0.1, -0.05) is 24.8 Å². The average Bonchev–Trinajstić information content (AvgIpc) is 2.47. The largest absolute Gasteiger partial charge is 0.490 e. The van der Waals surface area contributed by atoms with Crippen molar-refractivity contribution in [3.8, 4) is 5.75 Å². The van der Waals surface area contributed by atoms with E-state index in [2.05, 4.69) is 29.3 Å². The van der Waals surface area contributed by atoms with Gasteiger partial charge in [-0.05, 0) is 56.1 Å². The summed E-state index contributed by atoms with van der Waals surface area (Å²) >= 11 is 0. The third kappa shape index (κ3) is 5.05. The zero-order chi connectivity index (χ0) is 13.3. The van der Waals surface area contributed by atoms with Crippen molar-refractivity contribution in [2.24, 2.45) is 5.92 Å². The molecule has 1 aliphatic heterocycles. The number of benzene rings is 1. The van der Waals surface area contributed by atoms with Gasteiger partial charge in [0, 0.05) is 6.54 Å². The van der Waals surface area contributed by atoms with Gasteiger partial charge in [-0.2, -0.15) is 0 Å². The van der Waals surface area contributed by atoms with Gasteiger partial charge in [-0.15, -0.1) is 0 Å². The van der Waals surface area contributed by atoms with Gasteiger partial charge in [0.15, 0.2) is 0 Å². The zero-order valence-electron chi connectivity index (χ0n) is 11.5. The summed E-state index contributed by atoms with van der Waals surface area (Å²) in [5.41, 5.74) is 1.31. The molecule has 0 aromatic heterocycles. The quantitative estimate of drug-likeness (QED) is 0.738. The van der Waals surface area contributed by atoms with E-state index in [1.807, 2.05) is 12.1 Å². The van der Waals surface area contributed by atoms with Gasteiger partial charge in [-0.3, -0.25) is 0 Å². The summed E-state index contributed by atoms with van der Waals surface area (Å²) in [6.07, 6.45) is 4.34. The van der Waals surface area contributed by atoms with Gasteiger partial charge in [0.2, 0.25) is 0 Å². The van der Waals surface area contributed by atoms with E-state index in [0.29, 0.717) is 6.61 Å². The zero-order valence-corrected chi connectivity index (χ0v) is 11.5. The van der Waals surface area contributed by atoms with E-state index >= 15 is 0 Å². The maximum atomic E-state index is 5.46. The normalized spacial score (nSPS) is 16.2. The second-order valence-corrected chi connectivity index (χ2v) is 5.07. The number of hydrogen-bond acceptors (Lipinski definition) is 3. The molecule has 1 saturated heterocycles. The number of rotatable bonds is 7. The minimum absolute atomic E-state index is 0.563. The molecule has 3 heteroatoms. The van der Waals surface area contributed by atoms with E-state index in [9.17, 15) is 0 Å². The van der Waals surface area contributed by atoms with E-state index in [1.54, 1.807) is 6.08 Å². The Kier molecular flexibility index (Phi) is 5.92. The van der Waals surface area contributed by atoms with Crippen molar-refractivity contribution in [3.63, 3.8) is 0 Å². The van der Waals surface area contributed by atoms with Crippen LogP contribution in [0.15, 0.2) is 36.9 Å². The van der Waals surface area contributed by atoms with Crippen molar-refractivity contribution in [1.29, 1.82) is 0 Å². The SMILES string of the molecule is C=CCOc1ccc(CNCC2CCNCC2)cc1. The Labute approximate surface area is 116 Å². The molecule has 1 aromatic carbocycles. The highest BCUT2D eigenvalue weighted by Crippen LogP contribution is 2.13. The van der Waals surface area contributed by atoms with Crippen LogP contribution >= 0.6 is 0 Å². The van der Waals surface area contributed by atoms with Gasteiger partial charge < -0.3 is 15.4 Å². The van der Waals surface area contributed by atoms with E-state index in [0.717, 1.165) is 24.8 Å². The fourth-order valence-electron chi connectivity index (χ4n) is 2.37. The van der Waals surface area contributed by atoms with Crippen LogP contribution in [0.1, 0.15) is 18.4 Å². The van der Waals surface area contributed by atoms with Crippen molar-refractivity contribution in [2.45, 2.75) is 19.4 Å². The van der Waals surface area contributed by atoms with Crippen LogP contribution in [0.2, 0.25) is 0 Å². The topological polar surface area (TPSA) is 33.3 Å². The smallest absolute Gasteiger partial charge is 0.119 e. The maximum absolute atomic E-state index is 5.46. The fraction of sp³-hybridized carbons (Fsp3) is 0.500. The van der Waals surface area contributed by atoms with Crippen molar-refractivity contribution in [2.75, 3.05) is 26.2 Å². The van der Waals surface area contributed by atoms with Crippen LogP contribution in [-0.2, 0) is 6.54 Å². The summed E-state index contributed by atoms with van der Waals surface area (Å²) in [5, 5.41) is 6.95. The van der Waals surface area contributed by atoms with Crippen LogP contribution in [0.25, 0.3) is 0 Å². The van der Waals surface area contributed by atoms with Crippen LogP contribution in [0.4, 0.5) is 0 Å². The molecular weight excluding hydrogens is 236 g/mol. The fourth-order valence-corrected chi connectivity index (χ4v) is 2.37. The highest BCUT2D eigenvalue weighted by atomic mass is 16.5. The number of nitrogens with one attached hydrogen (secondary N) is 2. The lowest BCUT2D eigenvalue weighted by atomic mass is 9.98. The molecule has 0 atom stereocenters. The summed E-state index contributed by atoms with van der Waals surface area (Å²) in [4.78, 5) is 0. The third-order valence-corrected chi connectivity index (χ3v) is 3.51. The van der Waals surface area contributed by atoms with Crippen LogP contribution < -0.4 is 15.4 Å². The molecule has 0 bridgehead atoms. The molecule has 19 heavy (non-hydrogen) atoms. The Morgan fingerprint density at radius 2 is 2.00 bits per heavy atom. The molecular formula is C16H24N2O. The van der Waals surface area contributed by atoms with Crippen LogP contribution in [0.3, 0.4) is 0 Å². The summed E-state index contributed by atoms with van der Waals surface area (Å²) in [6.45, 7) is 8.60. The molecule has 1 aliphatic rings. The third-order valence-electron chi connectivity index (χ3n) is 3.51. The molecule has 2 rings (SSSR count). The second kappa shape index (κ2) is 7.97. The predicted octanol–water partition coefficient (Wildman–Crippen LogP) is 2.34. The molecule has 1 aromatic rings. The average molecular weight is 260 g/mol. The van der Waals surface area contributed by atoms with E-state index < -0.39 is 0 Å². The molecule has 0 unspecified atom stereocenters. The van der Waals surface area contributed by atoms with E-state index in [1.165, 1.54) is 31.5 Å². The molecule has 104 valence electrons. The molecule has 0 amide bonds. The second-order valence-electron chi connectivity index (χ2n) is 5.07. The van der Waals surface area contributed by atoms with Crippen molar-refractivity contribution in [1.82, 2.24) is 10.6 Å². The lowest BCUT2D eigenvalue weighted by Crippen LogP contribution is -2.33. The molecule has 0 aliphatic carbocycles. The molecule has 0 spiro atoms. The Morgan fingerprint density at radius 3 is 2.68 bits per heavy atom. The minimum atomic E-state index is 0.563. The highest BCUT2D eigenvalue weighted by Gasteiger charge is 2.11. The van der Waals surface area contributed by atoms with Crippen molar-refractivity contribution >= 4 is 0 Å². The Morgan fingerprint density at radius 1 is 1.26 bits per heavy atom. The monoisotopic (exact) mass is 260 g/mol. The lowest BCUT2D eigenvalue weighted by Gasteiger charge is -2.22. The van der Waals surface area contributed by atoms with Crippen molar-refractivity contribution in [3.05, 3.63) is 42.5 Å². The summed E-state index contributed by atoms with van der Waals surface area (Å²) < 4.78 is 5.46.